The van der Waals surface area contributed by atoms with Gasteiger partial charge in [-0.1, -0.05) is 6.42 Å². The molecule has 6 heteroatoms. The fourth-order valence-corrected chi connectivity index (χ4v) is 2.34. The van der Waals surface area contributed by atoms with Crippen LogP contribution in [0.3, 0.4) is 0 Å². The zero-order chi connectivity index (χ0) is 13.7. The third-order valence-electron chi connectivity index (χ3n) is 3.55. The average molecular weight is 264 g/mol. The number of hydrogen-bond donors (Lipinski definition) is 1. The SMILES string of the molecule is CC(CNc1ccc([N+](=O)[O-])cn1)N1CCCCC1. The Morgan fingerprint density at radius 1 is 1.42 bits per heavy atom. The lowest BCUT2D eigenvalue weighted by Crippen LogP contribution is -2.41. The molecule has 0 aromatic carbocycles. The maximum Gasteiger partial charge on any atom is 0.287 e. The predicted molar refractivity (Wildman–Crippen MR) is 74.3 cm³/mol. The van der Waals surface area contributed by atoms with E-state index in [0.717, 1.165) is 19.6 Å². The molecule has 0 aliphatic carbocycles. The first-order valence-corrected chi connectivity index (χ1v) is 6.75. The first-order valence-electron chi connectivity index (χ1n) is 6.75. The molecule has 1 aliphatic rings. The molecule has 1 N–H and O–H groups in total. The van der Waals surface area contributed by atoms with Gasteiger partial charge in [0.1, 0.15) is 12.0 Å². The van der Waals surface area contributed by atoms with Crippen LogP contribution in [0.5, 0.6) is 0 Å². The van der Waals surface area contributed by atoms with Crippen molar-refractivity contribution in [3.05, 3.63) is 28.4 Å². The monoisotopic (exact) mass is 264 g/mol. The second kappa shape index (κ2) is 6.47. The highest BCUT2D eigenvalue weighted by Gasteiger charge is 2.16. The van der Waals surface area contributed by atoms with E-state index in [2.05, 4.69) is 22.1 Å². The number of piperidine rings is 1. The molecule has 1 atom stereocenters. The van der Waals surface area contributed by atoms with Crippen molar-refractivity contribution < 1.29 is 4.92 Å². The van der Waals surface area contributed by atoms with Crippen LogP contribution in [0.4, 0.5) is 11.5 Å². The van der Waals surface area contributed by atoms with Gasteiger partial charge in [-0.2, -0.15) is 0 Å². The van der Waals surface area contributed by atoms with E-state index in [-0.39, 0.29) is 5.69 Å². The number of nitrogens with zero attached hydrogens (tertiary/aromatic N) is 3. The molecule has 1 aromatic heterocycles. The number of nitrogens with one attached hydrogen (secondary N) is 1. The summed E-state index contributed by atoms with van der Waals surface area (Å²) in [7, 11) is 0. The van der Waals surface area contributed by atoms with Crippen LogP contribution in [-0.2, 0) is 0 Å². The summed E-state index contributed by atoms with van der Waals surface area (Å²) < 4.78 is 0. The van der Waals surface area contributed by atoms with Crippen molar-refractivity contribution in [3.8, 4) is 0 Å². The van der Waals surface area contributed by atoms with Crippen molar-refractivity contribution in [2.45, 2.75) is 32.2 Å². The van der Waals surface area contributed by atoms with Gasteiger partial charge >= 0.3 is 0 Å². The maximum atomic E-state index is 10.5. The van der Waals surface area contributed by atoms with E-state index in [4.69, 9.17) is 0 Å². The number of rotatable bonds is 5. The summed E-state index contributed by atoms with van der Waals surface area (Å²) >= 11 is 0. The fraction of sp³-hybridized carbons (Fsp3) is 0.615. The first kappa shape index (κ1) is 13.7. The van der Waals surface area contributed by atoms with Crippen molar-refractivity contribution in [3.63, 3.8) is 0 Å². The molecule has 1 aliphatic heterocycles. The molecule has 1 unspecified atom stereocenters. The van der Waals surface area contributed by atoms with E-state index < -0.39 is 4.92 Å². The summed E-state index contributed by atoms with van der Waals surface area (Å²) in [6.07, 6.45) is 5.18. The number of likely N-dealkylation sites (tertiary alicyclic amines) is 1. The van der Waals surface area contributed by atoms with Gasteiger partial charge in [-0.05, 0) is 38.9 Å². The van der Waals surface area contributed by atoms with Gasteiger partial charge in [0.05, 0.1) is 4.92 Å². The van der Waals surface area contributed by atoms with Crippen molar-refractivity contribution in [2.75, 3.05) is 25.0 Å². The molecule has 104 valence electrons. The summed E-state index contributed by atoms with van der Waals surface area (Å²) in [5.41, 5.74) is 0.0228. The van der Waals surface area contributed by atoms with E-state index in [1.165, 1.54) is 31.5 Å². The number of pyridine rings is 1. The molecule has 19 heavy (non-hydrogen) atoms. The largest absolute Gasteiger partial charge is 0.369 e. The van der Waals surface area contributed by atoms with Gasteiger partial charge in [-0.15, -0.1) is 0 Å². The molecular weight excluding hydrogens is 244 g/mol. The van der Waals surface area contributed by atoms with Crippen molar-refractivity contribution in [1.82, 2.24) is 9.88 Å². The van der Waals surface area contributed by atoms with Crippen molar-refractivity contribution in [1.29, 1.82) is 0 Å². The lowest BCUT2D eigenvalue weighted by atomic mass is 10.1. The third-order valence-corrected chi connectivity index (χ3v) is 3.55. The molecule has 6 nitrogen and oxygen atoms in total. The van der Waals surface area contributed by atoms with Gasteiger partial charge in [0, 0.05) is 18.7 Å². The molecule has 0 amide bonds. The Bertz CT molecular complexity index is 415. The summed E-state index contributed by atoms with van der Waals surface area (Å²) in [4.78, 5) is 16.6. The highest BCUT2D eigenvalue weighted by molar-refractivity contribution is 5.40. The molecule has 1 fully saturated rings. The number of hydrogen-bond acceptors (Lipinski definition) is 5. The van der Waals surface area contributed by atoms with E-state index in [1.807, 2.05) is 0 Å². The van der Waals surface area contributed by atoms with Crippen LogP contribution in [0.2, 0.25) is 0 Å². The van der Waals surface area contributed by atoms with Gasteiger partial charge < -0.3 is 5.32 Å². The van der Waals surface area contributed by atoms with E-state index in [9.17, 15) is 10.1 Å². The molecular formula is C13H20N4O2. The van der Waals surface area contributed by atoms with Crippen LogP contribution in [0.15, 0.2) is 18.3 Å². The Labute approximate surface area is 113 Å². The highest BCUT2D eigenvalue weighted by atomic mass is 16.6. The predicted octanol–water partition coefficient (Wildman–Crippen LogP) is 2.28. The lowest BCUT2D eigenvalue weighted by Gasteiger charge is -2.32. The molecule has 2 rings (SSSR count). The summed E-state index contributed by atoms with van der Waals surface area (Å²) in [5.74, 6) is 0.689. The van der Waals surface area contributed by atoms with E-state index in [1.54, 1.807) is 6.07 Å². The lowest BCUT2D eigenvalue weighted by molar-refractivity contribution is -0.385. The van der Waals surface area contributed by atoms with E-state index >= 15 is 0 Å². The minimum absolute atomic E-state index is 0.0228. The summed E-state index contributed by atoms with van der Waals surface area (Å²) in [6.45, 7) is 5.33. The Kier molecular flexibility index (Phi) is 4.68. The van der Waals surface area contributed by atoms with Crippen LogP contribution >= 0.6 is 0 Å². The number of nitro groups is 1. The highest BCUT2D eigenvalue weighted by Crippen LogP contribution is 2.14. The molecule has 0 bridgehead atoms. The summed E-state index contributed by atoms with van der Waals surface area (Å²) in [6, 6.07) is 3.58. The molecule has 1 saturated heterocycles. The third kappa shape index (κ3) is 3.89. The quantitative estimate of drug-likeness (QED) is 0.652. The molecule has 0 spiro atoms. The standard InChI is InChI=1S/C13H20N4O2/c1-11(16-7-3-2-4-8-16)9-14-13-6-5-12(10-15-13)17(18)19/h5-6,10-11H,2-4,7-9H2,1H3,(H,14,15). The zero-order valence-electron chi connectivity index (χ0n) is 11.2. The summed E-state index contributed by atoms with van der Waals surface area (Å²) in [5, 5.41) is 13.8. The maximum absolute atomic E-state index is 10.5. The first-order chi connectivity index (χ1) is 9.16. The van der Waals surface area contributed by atoms with Gasteiger partial charge in [-0.3, -0.25) is 15.0 Å². The normalized spacial score (nSPS) is 17.9. The molecule has 1 aromatic rings. The van der Waals surface area contributed by atoms with Gasteiger partial charge in [-0.25, -0.2) is 4.98 Å². The Hall–Kier alpha value is -1.69. The Morgan fingerprint density at radius 3 is 2.74 bits per heavy atom. The second-order valence-corrected chi connectivity index (χ2v) is 4.99. The number of anilines is 1. The van der Waals surface area contributed by atoms with Crippen molar-refractivity contribution >= 4 is 11.5 Å². The minimum atomic E-state index is -0.437. The van der Waals surface area contributed by atoms with Crippen LogP contribution in [-0.4, -0.2) is 40.5 Å². The number of aromatic nitrogens is 1. The topological polar surface area (TPSA) is 71.3 Å². The Morgan fingerprint density at radius 2 is 2.16 bits per heavy atom. The van der Waals surface area contributed by atoms with Gasteiger partial charge in [0.25, 0.3) is 5.69 Å². The van der Waals surface area contributed by atoms with Gasteiger partial charge in [0.15, 0.2) is 0 Å². The zero-order valence-corrected chi connectivity index (χ0v) is 11.2. The Balaban J connectivity index is 1.82. The van der Waals surface area contributed by atoms with Crippen LogP contribution in [0, 0.1) is 10.1 Å². The minimum Gasteiger partial charge on any atom is -0.369 e. The molecule has 0 radical (unpaired) electrons. The van der Waals surface area contributed by atoms with Crippen molar-refractivity contribution in [2.24, 2.45) is 0 Å². The molecule has 2 heterocycles. The van der Waals surface area contributed by atoms with Crippen LogP contribution < -0.4 is 5.32 Å². The second-order valence-electron chi connectivity index (χ2n) is 4.99. The van der Waals surface area contributed by atoms with E-state index in [0.29, 0.717) is 11.9 Å². The fourth-order valence-electron chi connectivity index (χ4n) is 2.34. The van der Waals surface area contributed by atoms with Crippen LogP contribution in [0.1, 0.15) is 26.2 Å². The van der Waals surface area contributed by atoms with Gasteiger partial charge in [0.2, 0.25) is 0 Å². The molecule has 0 saturated carbocycles. The smallest absolute Gasteiger partial charge is 0.287 e. The van der Waals surface area contributed by atoms with Crippen LogP contribution in [0.25, 0.3) is 0 Å². The average Bonchev–Trinajstić information content (AvgIpc) is 2.46.